The van der Waals surface area contributed by atoms with Gasteiger partial charge in [-0.1, -0.05) is 15.9 Å². The number of carbonyl (C=O) groups excluding carboxylic acids is 1. The molecule has 2 aromatic rings. The van der Waals surface area contributed by atoms with E-state index in [1.807, 2.05) is 32.0 Å². The summed E-state index contributed by atoms with van der Waals surface area (Å²) in [4.78, 5) is 19.2. The zero-order valence-corrected chi connectivity index (χ0v) is 11.8. The second-order valence-electron chi connectivity index (χ2n) is 4.13. The normalized spacial score (nSPS) is 12.2. The molecule has 1 unspecified atom stereocenters. The van der Waals surface area contributed by atoms with Crippen molar-refractivity contribution in [3.63, 3.8) is 0 Å². The number of rotatable bonds is 3. The highest BCUT2D eigenvalue weighted by Gasteiger charge is 2.14. The molecule has 1 atom stereocenters. The van der Waals surface area contributed by atoms with Crippen LogP contribution in [0.15, 0.2) is 35.1 Å². The standard InChI is InChI=1S/C13H14BrN3O/c1-8-7-10(14)3-4-11(8)13(18)17-9(2)12-15-5-6-16-12/h3-7,9H,1-2H3,(H,15,16)(H,17,18). The van der Waals surface area contributed by atoms with Crippen LogP contribution in [0.4, 0.5) is 0 Å². The van der Waals surface area contributed by atoms with E-state index in [9.17, 15) is 4.79 Å². The third-order valence-electron chi connectivity index (χ3n) is 2.71. The second-order valence-corrected chi connectivity index (χ2v) is 5.04. The largest absolute Gasteiger partial charge is 0.347 e. The number of amides is 1. The minimum absolute atomic E-state index is 0.0936. The van der Waals surface area contributed by atoms with E-state index in [1.54, 1.807) is 12.4 Å². The molecule has 0 spiro atoms. The fraction of sp³-hybridized carbons (Fsp3) is 0.231. The van der Waals surface area contributed by atoms with Gasteiger partial charge in [0.25, 0.3) is 5.91 Å². The molecule has 2 N–H and O–H groups in total. The van der Waals surface area contributed by atoms with E-state index in [0.717, 1.165) is 15.9 Å². The van der Waals surface area contributed by atoms with E-state index in [-0.39, 0.29) is 11.9 Å². The van der Waals surface area contributed by atoms with Crippen molar-refractivity contribution in [2.24, 2.45) is 0 Å². The van der Waals surface area contributed by atoms with Crippen molar-refractivity contribution in [1.29, 1.82) is 0 Å². The molecule has 5 heteroatoms. The Labute approximate surface area is 114 Å². The maximum atomic E-state index is 12.1. The molecular weight excluding hydrogens is 294 g/mol. The summed E-state index contributed by atoms with van der Waals surface area (Å²) >= 11 is 3.38. The third kappa shape index (κ3) is 2.79. The molecule has 0 aliphatic heterocycles. The average molecular weight is 308 g/mol. The van der Waals surface area contributed by atoms with Crippen molar-refractivity contribution in [1.82, 2.24) is 15.3 Å². The lowest BCUT2D eigenvalue weighted by atomic mass is 10.1. The van der Waals surface area contributed by atoms with Gasteiger partial charge in [0.2, 0.25) is 0 Å². The fourth-order valence-corrected chi connectivity index (χ4v) is 2.21. The molecule has 4 nitrogen and oxygen atoms in total. The molecule has 18 heavy (non-hydrogen) atoms. The van der Waals surface area contributed by atoms with E-state index in [2.05, 4.69) is 31.2 Å². The van der Waals surface area contributed by atoms with Crippen LogP contribution >= 0.6 is 15.9 Å². The number of halogens is 1. The number of nitrogens with zero attached hydrogens (tertiary/aromatic N) is 1. The first kappa shape index (κ1) is 12.8. The number of aromatic amines is 1. The van der Waals surface area contributed by atoms with E-state index in [1.165, 1.54) is 0 Å². The number of hydrogen-bond acceptors (Lipinski definition) is 2. The Morgan fingerprint density at radius 3 is 2.89 bits per heavy atom. The molecule has 0 aliphatic carbocycles. The van der Waals surface area contributed by atoms with Crippen LogP contribution in [0.2, 0.25) is 0 Å². The summed E-state index contributed by atoms with van der Waals surface area (Å²) in [5.41, 5.74) is 1.62. The highest BCUT2D eigenvalue weighted by Crippen LogP contribution is 2.16. The van der Waals surface area contributed by atoms with Gasteiger partial charge < -0.3 is 10.3 Å². The van der Waals surface area contributed by atoms with Crippen LogP contribution in [0.25, 0.3) is 0 Å². The Kier molecular flexibility index (Phi) is 3.81. The first-order valence-corrected chi connectivity index (χ1v) is 6.43. The van der Waals surface area contributed by atoms with Crippen LogP contribution in [-0.4, -0.2) is 15.9 Å². The topological polar surface area (TPSA) is 57.8 Å². The lowest BCUT2D eigenvalue weighted by molar-refractivity contribution is 0.0938. The van der Waals surface area contributed by atoms with Gasteiger partial charge in [0, 0.05) is 22.4 Å². The summed E-state index contributed by atoms with van der Waals surface area (Å²) < 4.78 is 0.968. The van der Waals surface area contributed by atoms with Gasteiger partial charge in [0.05, 0.1) is 6.04 Å². The summed E-state index contributed by atoms with van der Waals surface area (Å²) in [6, 6.07) is 5.45. The van der Waals surface area contributed by atoms with Crippen LogP contribution < -0.4 is 5.32 Å². The maximum Gasteiger partial charge on any atom is 0.252 e. The molecule has 0 radical (unpaired) electrons. The van der Waals surface area contributed by atoms with Gasteiger partial charge in [-0.25, -0.2) is 4.98 Å². The molecule has 94 valence electrons. The van der Waals surface area contributed by atoms with Crippen LogP contribution in [0, 0.1) is 6.92 Å². The zero-order chi connectivity index (χ0) is 13.1. The van der Waals surface area contributed by atoms with Gasteiger partial charge in [0.15, 0.2) is 0 Å². The fourth-order valence-electron chi connectivity index (χ4n) is 1.74. The van der Waals surface area contributed by atoms with E-state index in [4.69, 9.17) is 0 Å². The van der Waals surface area contributed by atoms with Gasteiger partial charge in [-0.15, -0.1) is 0 Å². The van der Waals surface area contributed by atoms with Crippen LogP contribution in [0.3, 0.4) is 0 Å². The highest BCUT2D eigenvalue weighted by molar-refractivity contribution is 9.10. The number of carbonyl (C=O) groups is 1. The molecule has 2 rings (SSSR count). The lowest BCUT2D eigenvalue weighted by Gasteiger charge is -2.13. The lowest BCUT2D eigenvalue weighted by Crippen LogP contribution is -2.27. The van der Waals surface area contributed by atoms with Crippen molar-refractivity contribution in [3.05, 3.63) is 52.0 Å². The van der Waals surface area contributed by atoms with Crippen LogP contribution in [-0.2, 0) is 0 Å². The summed E-state index contributed by atoms with van der Waals surface area (Å²) in [5, 5.41) is 2.91. The maximum absolute atomic E-state index is 12.1. The van der Waals surface area contributed by atoms with Gasteiger partial charge in [-0.2, -0.15) is 0 Å². The summed E-state index contributed by atoms with van der Waals surface area (Å²) in [5.74, 6) is 0.655. The molecule has 1 amide bonds. The van der Waals surface area contributed by atoms with E-state index in [0.29, 0.717) is 5.56 Å². The van der Waals surface area contributed by atoms with Gasteiger partial charge >= 0.3 is 0 Å². The number of benzene rings is 1. The van der Waals surface area contributed by atoms with Crippen molar-refractivity contribution in [2.45, 2.75) is 19.9 Å². The average Bonchev–Trinajstić information content (AvgIpc) is 2.81. The van der Waals surface area contributed by atoms with Crippen molar-refractivity contribution >= 4 is 21.8 Å². The first-order chi connectivity index (χ1) is 8.58. The predicted molar refractivity (Wildman–Crippen MR) is 73.3 cm³/mol. The molecule has 1 aromatic heterocycles. The molecule has 1 aromatic carbocycles. The van der Waals surface area contributed by atoms with Gasteiger partial charge in [0.1, 0.15) is 5.82 Å². The molecule has 0 bridgehead atoms. The zero-order valence-electron chi connectivity index (χ0n) is 10.2. The second kappa shape index (κ2) is 5.35. The van der Waals surface area contributed by atoms with Gasteiger partial charge in [-0.3, -0.25) is 4.79 Å². The SMILES string of the molecule is Cc1cc(Br)ccc1C(=O)NC(C)c1ncc[nH]1. The highest BCUT2D eigenvalue weighted by atomic mass is 79.9. The summed E-state index contributed by atoms with van der Waals surface area (Å²) in [6.07, 6.45) is 3.41. The third-order valence-corrected chi connectivity index (χ3v) is 3.20. The van der Waals surface area contributed by atoms with E-state index >= 15 is 0 Å². The Morgan fingerprint density at radius 1 is 1.50 bits per heavy atom. The van der Waals surface area contributed by atoms with Crippen molar-refractivity contribution in [2.75, 3.05) is 0 Å². The predicted octanol–water partition coefficient (Wildman–Crippen LogP) is 2.97. The number of hydrogen-bond donors (Lipinski definition) is 2. The Morgan fingerprint density at radius 2 is 2.28 bits per heavy atom. The van der Waals surface area contributed by atoms with E-state index < -0.39 is 0 Å². The Balaban J connectivity index is 2.12. The minimum Gasteiger partial charge on any atom is -0.347 e. The number of aromatic nitrogens is 2. The monoisotopic (exact) mass is 307 g/mol. The minimum atomic E-state index is -0.143. The van der Waals surface area contributed by atoms with Gasteiger partial charge in [-0.05, 0) is 37.6 Å². The molecule has 0 aliphatic rings. The quantitative estimate of drug-likeness (QED) is 0.916. The van der Waals surface area contributed by atoms with Crippen molar-refractivity contribution < 1.29 is 4.79 Å². The molecule has 0 fully saturated rings. The number of H-pyrrole nitrogens is 1. The molecule has 1 heterocycles. The molecule has 0 saturated heterocycles. The first-order valence-electron chi connectivity index (χ1n) is 5.64. The Bertz CT molecular complexity index is 551. The van der Waals surface area contributed by atoms with Crippen molar-refractivity contribution in [3.8, 4) is 0 Å². The number of aryl methyl sites for hydroxylation is 1. The van der Waals surface area contributed by atoms with Crippen LogP contribution in [0.5, 0.6) is 0 Å². The molecule has 0 saturated carbocycles. The smallest absolute Gasteiger partial charge is 0.252 e. The Hall–Kier alpha value is -1.62. The van der Waals surface area contributed by atoms with Crippen LogP contribution in [0.1, 0.15) is 34.7 Å². The molecular formula is C13H14BrN3O. The number of imidazole rings is 1. The summed E-state index contributed by atoms with van der Waals surface area (Å²) in [6.45, 7) is 3.81. The number of nitrogens with one attached hydrogen (secondary N) is 2. The summed E-state index contributed by atoms with van der Waals surface area (Å²) in [7, 11) is 0.